The van der Waals surface area contributed by atoms with Gasteiger partial charge >= 0.3 is 5.97 Å². The lowest BCUT2D eigenvalue weighted by Gasteiger charge is -2.38. The molecule has 2 fully saturated rings. The molecule has 4 aliphatic rings. The summed E-state index contributed by atoms with van der Waals surface area (Å²) in [4.78, 5) is 15.8. The summed E-state index contributed by atoms with van der Waals surface area (Å²) in [5.41, 5.74) is 1.28. The monoisotopic (exact) mass is 521 g/mol. The number of likely N-dealkylation sites (tertiary alicyclic amines) is 1. The lowest BCUT2D eigenvalue weighted by molar-refractivity contribution is -0.136. The van der Waals surface area contributed by atoms with Crippen molar-refractivity contribution in [2.75, 3.05) is 58.1 Å². The van der Waals surface area contributed by atoms with E-state index in [1.807, 2.05) is 0 Å². The van der Waals surface area contributed by atoms with E-state index in [2.05, 4.69) is 35.0 Å². The highest BCUT2D eigenvalue weighted by atomic mass is 32.2. The molecule has 3 heterocycles. The molecule has 0 amide bonds. The van der Waals surface area contributed by atoms with E-state index in [1.54, 1.807) is 4.31 Å². The summed E-state index contributed by atoms with van der Waals surface area (Å²) in [6.45, 7) is 8.49. The van der Waals surface area contributed by atoms with Crippen LogP contribution in [0, 0.1) is 11.8 Å². The number of carboxylic acids is 1. The highest BCUT2D eigenvalue weighted by Crippen LogP contribution is 2.40. The van der Waals surface area contributed by atoms with Crippen LogP contribution in [0.25, 0.3) is 0 Å². The molecule has 36 heavy (non-hydrogen) atoms. The molecule has 0 saturated carbocycles. The third kappa shape index (κ3) is 6.79. The molecular weight excluding hydrogens is 482 g/mol. The van der Waals surface area contributed by atoms with Gasteiger partial charge in [-0.25, -0.2) is 13.2 Å². The minimum atomic E-state index is -3.20. The van der Waals surface area contributed by atoms with Gasteiger partial charge in [0.05, 0.1) is 5.75 Å². The van der Waals surface area contributed by atoms with Gasteiger partial charge < -0.3 is 24.4 Å². The molecule has 0 aromatic carbocycles. The second kappa shape index (κ2) is 12.4. The Morgan fingerprint density at radius 1 is 1.08 bits per heavy atom. The van der Waals surface area contributed by atoms with Gasteiger partial charge in [0.2, 0.25) is 15.8 Å². The van der Waals surface area contributed by atoms with E-state index in [1.165, 1.54) is 18.1 Å². The van der Waals surface area contributed by atoms with Gasteiger partial charge in [-0.2, -0.15) is 4.31 Å². The topological polar surface area (TPSA) is 99.6 Å². The van der Waals surface area contributed by atoms with Crippen LogP contribution in [0.2, 0.25) is 0 Å². The summed E-state index contributed by atoms with van der Waals surface area (Å²) in [6, 6.07) is 0. The smallest absolute Gasteiger partial charge is 0.375 e. The number of nitrogens with zero attached hydrogens (tertiary/aromatic N) is 3. The van der Waals surface area contributed by atoms with E-state index in [0.717, 1.165) is 65.0 Å². The molecule has 1 aliphatic carbocycles. The summed E-state index contributed by atoms with van der Waals surface area (Å²) in [6.07, 6.45) is 13.5. The van der Waals surface area contributed by atoms with Crippen LogP contribution in [-0.2, 0) is 24.3 Å². The zero-order chi connectivity index (χ0) is 25.5. The van der Waals surface area contributed by atoms with Crippen molar-refractivity contribution in [3.8, 4) is 0 Å². The van der Waals surface area contributed by atoms with Crippen molar-refractivity contribution in [1.29, 1.82) is 0 Å². The highest BCUT2D eigenvalue weighted by Gasteiger charge is 2.34. The molecule has 0 spiro atoms. The Labute approximate surface area is 214 Å². The summed E-state index contributed by atoms with van der Waals surface area (Å²) in [5.74, 6) is -0.100. The number of piperazine rings is 1. The Bertz CT molecular complexity index is 1000. The van der Waals surface area contributed by atoms with E-state index in [0.29, 0.717) is 31.2 Å². The number of aliphatic carboxylic acids is 1. The summed E-state index contributed by atoms with van der Waals surface area (Å²) >= 11 is 0. The average Bonchev–Trinajstić information content (AvgIpc) is 2.90. The lowest BCUT2D eigenvalue weighted by Crippen LogP contribution is -2.49. The minimum absolute atomic E-state index is 0.0471. The first-order valence-corrected chi connectivity index (χ1v) is 14.7. The zero-order valence-electron chi connectivity index (χ0n) is 21.2. The van der Waals surface area contributed by atoms with E-state index < -0.39 is 16.0 Å². The quantitative estimate of drug-likeness (QED) is 0.469. The molecule has 0 bridgehead atoms. The van der Waals surface area contributed by atoms with Gasteiger partial charge in [0.1, 0.15) is 18.3 Å². The Balaban J connectivity index is 1.28. The molecule has 2 saturated heterocycles. The van der Waals surface area contributed by atoms with E-state index in [9.17, 15) is 13.2 Å². The standard InChI is InChI=1S/C26H39N3O6S/c1-2-27-14-16-29(17-15-27)36(32,33)18-6-11-28-12-9-22(10-13-28)25(21-7-4-3-5-8-21)23-19-35-24(20-34-23)26(30)31/h3-4,7,19-20,22,25H,2,5-6,8-18H2,1H3,(H,30,31). The molecule has 200 valence electrons. The number of rotatable bonds is 10. The van der Waals surface area contributed by atoms with Gasteiger partial charge in [0.15, 0.2) is 0 Å². The van der Waals surface area contributed by atoms with Crippen LogP contribution in [0.5, 0.6) is 0 Å². The van der Waals surface area contributed by atoms with Gasteiger partial charge in [-0.05, 0) is 64.2 Å². The molecule has 0 aromatic heterocycles. The first kappa shape index (κ1) is 26.9. The maximum atomic E-state index is 12.8. The predicted octanol–water partition coefficient (Wildman–Crippen LogP) is 2.76. The van der Waals surface area contributed by atoms with Crippen LogP contribution in [0.4, 0.5) is 0 Å². The molecule has 1 atom stereocenters. The van der Waals surface area contributed by atoms with Crippen molar-refractivity contribution >= 4 is 16.0 Å². The Kier molecular flexibility index (Phi) is 9.27. The number of piperidine rings is 1. The Hall–Kier alpha value is -2.14. The first-order chi connectivity index (χ1) is 17.4. The molecule has 10 heteroatoms. The molecule has 0 aromatic rings. The van der Waals surface area contributed by atoms with Crippen molar-refractivity contribution in [2.45, 2.75) is 39.0 Å². The maximum absolute atomic E-state index is 12.8. The van der Waals surface area contributed by atoms with Crippen LogP contribution < -0.4 is 0 Å². The van der Waals surface area contributed by atoms with Crippen molar-refractivity contribution in [3.63, 3.8) is 0 Å². The molecule has 0 radical (unpaired) electrons. The Morgan fingerprint density at radius 2 is 1.83 bits per heavy atom. The van der Waals surface area contributed by atoms with Crippen LogP contribution in [0.3, 0.4) is 0 Å². The van der Waals surface area contributed by atoms with Crippen molar-refractivity contribution in [2.24, 2.45) is 11.8 Å². The van der Waals surface area contributed by atoms with Gasteiger partial charge in [0, 0.05) is 32.1 Å². The minimum Gasteiger partial charge on any atom is -0.475 e. The number of hydrogen-bond acceptors (Lipinski definition) is 7. The number of carbonyl (C=O) groups is 1. The molecule has 3 aliphatic heterocycles. The number of hydrogen-bond donors (Lipinski definition) is 1. The molecule has 1 unspecified atom stereocenters. The summed E-state index contributed by atoms with van der Waals surface area (Å²) in [7, 11) is -3.20. The Morgan fingerprint density at radius 3 is 2.42 bits per heavy atom. The molecule has 4 rings (SSSR count). The van der Waals surface area contributed by atoms with Crippen molar-refractivity contribution in [3.05, 3.63) is 47.8 Å². The second-order valence-corrected chi connectivity index (χ2v) is 12.0. The van der Waals surface area contributed by atoms with Gasteiger partial charge in [-0.3, -0.25) is 0 Å². The van der Waals surface area contributed by atoms with Crippen LogP contribution in [0.1, 0.15) is 39.0 Å². The third-order valence-corrected chi connectivity index (χ3v) is 9.68. The second-order valence-electron chi connectivity index (χ2n) is 9.91. The largest absolute Gasteiger partial charge is 0.475 e. The molecular formula is C26H39N3O6S. The fourth-order valence-electron chi connectivity index (χ4n) is 5.58. The average molecular weight is 522 g/mol. The number of ether oxygens (including phenoxy) is 2. The first-order valence-electron chi connectivity index (χ1n) is 13.1. The number of sulfonamides is 1. The number of likely N-dealkylation sites (N-methyl/N-ethyl adjacent to an activating group) is 1. The van der Waals surface area contributed by atoms with Crippen molar-refractivity contribution in [1.82, 2.24) is 14.1 Å². The van der Waals surface area contributed by atoms with E-state index in [-0.39, 0.29) is 17.4 Å². The van der Waals surface area contributed by atoms with Crippen molar-refractivity contribution < 1.29 is 27.8 Å². The lowest BCUT2D eigenvalue weighted by atomic mass is 9.76. The highest BCUT2D eigenvalue weighted by molar-refractivity contribution is 7.89. The fraction of sp³-hybridized carbons (Fsp3) is 0.654. The van der Waals surface area contributed by atoms with Gasteiger partial charge in [0.25, 0.3) is 0 Å². The van der Waals surface area contributed by atoms with Crippen LogP contribution >= 0.6 is 0 Å². The third-order valence-electron chi connectivity index (χ3n) is 7.72. The normalized spacial score (nSPS) is 23.8. The summed E-state index contributed by atoms with van der Waals surface area (Å²) in [5, 5.41) is 9.13. The molecule has 1 N–H and O–H groups in total. The van der Waals surface area contributed by atoms with Gasteiger partial charge in [-0.15, -0.1) is 0 Å². The maximum Gasteiger partial charge on any atom is 0.375 e. The fourth-order valence-corrected chi connectivity index (χ4v) is 7.05. The summed E-state index contributed by atoms with van der Waals surface area (Å²) < 4.78 is 38.3. The van der Waals surface area contributed by atoms with Crippen LogP contribution in [-0.4, -0.2) is 91.7 Å². The van der Waals surface area contributed by atoms with Gasteiger partial charge in [-0.1, -0.05) is 30.7 Å². The number of allylic oxidation sites excluding steroid dienone is 4. The van der Waals surface area contributed by atoms with Crippen LogP contribution in [0.15, 0.2) is 47.8 Å². The van der Waals surface area contributed by atoms with E-state index >= 15 is 0 Å². The predicted molar refractivity (Wildman–Crippen MR) is 137 cm³/mol. The van der Waals surface area contributed by atoms with E-state index in [4.69, 9.17) is 14.6 Å². The number of carboxylic acid groups (broad SMARTS) is 1. The molecule has 9 nitrogen and oxygen atoms in total. The SMILES string of the molecule is CCN1CCN(S(=O)(=O)CCCN2CCC(C(C3=CC=CCC3)C3=COC(C(=O)O)=CO3)CC2)CC1. The zero-order valence-corrected chi connectivity index (χ0v) is 22.0.